The Bertz CT molecular complexity index is 497. The minimum Gasteiger partial charge on any atom is -0.393 e. The highest BCUT2D eigenvalue weighted by atomic mass is 35.5. The first-order valence-corrected chi connectivity index (χ1v) is 7.99. The normalized spacial score (nSPS) is 17.0. The third-order valence-corrected chi connectivity index (χ3v) is 3.91. The van der Waals surface area contributed by atoms with Crippen LogP contribution in [-0.4, -0.2) is 53.2 Å². The molecule has 5 nitrogen and oxygen atoms in total. The summed E-state index contributed by atoms with van der Waals surface area (Å²) in [4.78, 5) is 18.0. The van der Waals surface area contributed by atoms with Gasteiger partial charge in [0.05, 0.1) is 6.10 Å². The van der Waals surface area contributed by atoms with E-state index in [-0.39, 0.29) is 12.0 Å². The second-order valence-corrected chi connectivity index (χ2v) is 5.85. The number of carbonyl (C=O) groups is 1. The van der Waals surface area contributed by atoms with E-state index in [0.29, 0.717) is 11.7 Å². The molecule has 0 spiro atoms. The number of amides is 1. The quantitative estimate of drug-likeness (QED) is 0.475. The van der Waals surface area contributed by atoms with Crippen LogP contribution in [-0.2, 0) is 4.79 Å². The van der Waals surface area contributed by atoms with Gasteiger partial charge in [-0.3, -0.25) is 4.79 Å². The van der Waals surface area contributed by atoms with Crippen molar-refractivity contribution in [3.63, 3.8) is 0 Å². The topological polar surface area (TPSA) is 65.5 Å². The zero-order chi connectivity index (χ0) is 15.8. The number of aromatic nitrogens is 1. The molecule has 0 aromatic carbocycles. The van der Waals surface area contributed by atoms with Gasteiger partial charge >= 0.3 is 0 Å². The van der Waals surface area contributed by atoms with E-state index >= 15 is 0 Å². The van der Waals surface area contributed by atoms with Gasteiger partial charge in [-0.05, 0) is 43.5 Å². The van der Waals surface area contributed by atoms with Gasteiger partial charge in [-0.2, -0.15) is 0 Å². The van der Waals surface area contributed by atoms with Crippen molar-refractivity contribution in [3.05, 3.63) is 35.1 Å². The van der Waals surface area contributed by atoms with Crippen LogP contribution in [0, 0.1) is 0 Å². The molecule has 2 rings (SSSR count). The van der Waals surface area contributed by atoms with Crippen molar-refractivity contribution in [1.29, 1.82) is 0 Å². The summed E-state index contributed by atoms with van der Waals surface area (Å²) < 4.78 is 0. The van der Waals surface area contributed by atoms with Crippen LogP contribution >= 0.6 is 11.6 Å². The number of carbonyl (C=O) groups excluding carboxylic acids is 1. The van der Waals surface area contributed by atoms with E-state index < -0.39 is 0 Å². The van der Waals surface area contributed by atoms with Gasteiger partial charge < -0.3 is 15.3 Å². The minimum absolute atomic E-state index is 0.107. The van der Waals surface area contributed by atoms with Gasteiger partial charge in [0.2, 0.25) is 5.91 Å². The van der Waals surface area contributed by atoms with Crippen molar-refractivity contribution in [2.24, 2.45) is 0 Å². The Kier molecular flexibility index (Phi) is 6.83. The van der Waals surface area contributed by atoms with Crippen LogP contribution in [0.15, 0.2) is 24.4 Å². The van der Waals surface area contributed by atoms with Crippen LogP contribution in [0.25, 0.3) is 6.08 Å². The molecule has 0 radical (unpaired) electrons. The van der Waals surface area contributed by atoms with Gasteiger partial charge in [-0.1, -0.05) is 17.7 Å². The summed E-state index contributed by atoms with van der Waals surface area (Å²) in [6.07, 6.45) is 7.32. The number of halogens is 1. The fraction of sp³-hybridized carbons (Fsp3) is 0.500. The van der Waals surface area contributed by atoms with Crippen molar-refractivity contribution in [2.45, 2.75) is 25.4 Å². The first-order valence-electron chi connectivity index (χ1n) is 7.61. The lowest BCUT2D eigenvalue weighted by Crippen LogP contribution is -2.37. The highest BCUT2D eigenvalue weighted by molar-refractivity contribution is 6.29. The summed E-state index contributed by atoms with van der Waals surface area (Å²) in [7, 11) is 0. The van der Waals surface area contributed by atoms with Crippen LogP contribution in [0.5, 0.6) is 0 Å². The predicted octanol–water partition coefficient (Wildman–Crippen LogP) is 1.71. The molecule has 0 bridgehead atoms. The average Bonchev–Trinajstić information content (AvgIpc) is 2.53. The van der Waals surface area contributed by atoms with E-state index in [1.165, 1.54) is 6.08 Å². The molecule has 0 aliphatic carbocycles. The summed E-state index contributed by atoms with van der Waals surface area (Å²) in [6, 6.07) is 3.50. The van der Waals surface area contributed by atoms with Gasteiger partial charge in [0.15, 0.2) is 0 Å². The second-order valence-electron chi connectivity index (χ2n) is 5.46. The molecule has 1 aliphatic rings. The zero-order valence-corrected chi connectivity index (χ0v) is 13.3. The molecule has 0 atom stereocenters. The summed E-state index contributed by atoms with van der Waals surface area (Å²) in [6.45, 7) is 3.50. The third kappa shape index (κ3) is 6.13. The number of aliphatic hydroxyl groups excluding tert-OH is 1. The largest absolute Gasteiger partial charge is 0.393 e. The molecule has 1 aromatic rings. The number of rotatable bonds is 6. The molecule has 0 saturated carbocycles. The molecule has 1 amide bonds. The summed E-state index contributed by atoms with van der Waals surface area (Å²) in [5.41, 5.74) is 0.839. The zero-order valence-electron chi connectivity index (χ0n) is 12.5. The standard InChI is InChI=1S/C16H22ClN3O2/c17-15-4-2-13(12-19-15)3-5-16(22)18-8-1-9-20-10-6-14(21)7-11-20/h2-5,12,14,21H,1,6-11H2,(H,18,22)/b5-3+. The Labute approximate surface area is 136 Å². The van der Waals surface area contributed by atoms with E-state index in [1.807, 2.05) is 6.07 Å². The Balaban J connectivity index is 1.60. The number of nitrogens with zero attached hydrogens (tertiary/aromatic N) is 2. The number of pyridine rings is 1. The minimum atomic E-state index is -0.136. The molecule has 1 aromatic heterocycles. The van der Waals surface area contributed by atoms with Gasteiger partial charge in [0.25, 0.3) is 0 Å². The molecule has 2 heterocycles. The Morgan fingerprint density at radius 3 is 2.91 bits per heavy atom. The SMILES string of the molecule is O=C(/C=C/c1ccc(Cl)nc1)NCCCN1CCC(O)CC1. The Morgan fingerprint density at radius 1 is 1.45 bits per heavy atom. The fourth-order valence-corrected chi connectivity index (χ4v) is 2.49. The van der Waals surface area contributed by atoms with Crippen LogP contribution < -0.4 is 5.32 Å². The molecule has 2 N–H and O–H groups in total. The van der Waals surface area contributed by atoms with Crippen molar-refractivity contribution >= 4 is 23.6 Å². The maximum Gasteiger partial charge on any atom is 0.244 e. The van der Waals surface area contributed by atoms with Crippen LogP contribution in [0.3, 0.4) is 0 Å². The third-order valence-electron chi connectivity index (χ3n) is 3.68. The van der Waals surface area contributed by atoms with Gasteiger partial charge in [0, 0.05) is 31.9 Å². The maximum atomic E-state index is 11.7. The number of hydrogen-bond donors (Lipinski definition) is 2. The fourth-order valence-electron chi connectivity index (χ4n) is 2.37. The van der Waals surface area contributed by atoms with Gasteiger partial charge in [-0.25, -0.2) is 4.98 Å². The smallest absolute Gasteiger partial charge is 0.244 e. The number of likely N-dealkylation sites (tertiary alicyclic amines) is 1. The molecule has 22 heavy (non-hydrogen) atoms. The van der Waals surface area contributed by atoms with E-state index in [1.54, 1.807) is 18.3 Å². The first kappa shape index (κ1) is 16.9. The molecule has 120 valence electrons. The van der Waals surface area contributed by atoms with Gasteiger partial charge in [0.1, 0.15) is 5.15 Å². The monoisotopic (exact) mass is 323 g/mol. The second kappa shape index (κ2) is 8.88. The molecule has 6 heteroatoms. The van der Waals surface area contributed by atoms with E-state index in [4.69, 9.17) is 11.6 Å². The molecule has 1 aliphatic heterocycles. The Hall–Kier alpha value is -1.43. The van der Waals surface area contributed by atoms with Gasteiger partial charge in [-0.15, -0.1) is 0 Å². The van der Waals surface area contributed by atoms with Crippen LogP contribution in [0.4, 0.5) is 0 Å². The summed E-state index contributed by atoms with van der Waals surface area (Å²) in [5.74, 6) is -0.107. The molecule has 1 fully saturated rings. The number of hydrogen-bond acceptors (Lipinski definition) is 4. The van der Waals surface area contributed by atoms with E-state index in [9.17, 15) is 9.90 Å². The van der Waals surface area contributed by atoms with E-state index in [0.717, 1.165) is 44.5 Å². The molecular formula is C16H22ClN3O2. The van der Waals surface area contributed by atoms with Crippen molar-refractivity contribution in [3.8, 4) is 0 Å². The molecule has 1 saturated heterocycles. The first-order chi connectivity index (χ1) is 10.6. The van der Waals surface area contributed by atoms with Crippen molar-refractivity contribution < 1.29 is 9.90 Å². The summed E-state index contributed by atoms with van der Waals surface area (Å²) >= 11 is 5.70. The number of nitrogens with one attached hydrogen (secondary N) is 1. The van der Waals surface area contributed by atoms with Crippen molar-refractivity contribution in [2.75, 3.05) is 26.2 Å². The highest BCUT2D eigenvalue weighted by Crippen LogP contribution is 2.09. The van der Waals surface area contributed by atoms with Crippen LogP contribution in [0.2, 0.25) is 5.15 Å². The highest BCUT2D eigenvalue weighted by Gasteiger charge is 2.15. The van der Waals surface area contributed by atoms with Crippen LogP contribution in [0.1, 0.15) is 24.8 Å². The molecule has 0 unspecified atom stereocenters. The molecular weight excluding hydrogens is 302 g/mol. The summed E-state index contributed by atoms with van der Waals surface area (Å²) in [5, 5.41) is 12.7. The Morgan fingerprint density at radius 2 is 2.23 bits per heavy atom. The predicted molar refractivity (Wildman–Crippen MR) is 87.6 cm³/mol. The maximum absolute atomic E-state index is 11.7. The lowest BCUT2D eigenvalue weighted by atomic mass is 10.1. The number of piperidine rings is 1. The lowest BCUT2D eigenvalue weighted by molar-refractivity contribution is -0.116. The number of aliphatic hydroxyl groups is 1. The van der Waals surface area contributed by atoms with E-state index in [2.05, 4.69) is 15.2 Å². The van der Waals surface area contributed by atoms with Crippen molar-refractivity contribution in [1.82, 2.24) is 15.2 Å². The lowest BCUT2D eigenvalue weighted by Gasteiger charge is -2.29. The average molecular weight is 324 g/mol.